The van der Waals surface area contributed by atoms with Crippen molar-refractivity contribution in [3.63, 3.8) is 0 Å². The molecule has 0 saturated carbocycles. The van der Waals surface area contributed by atoms with Crippen molar-refractivity contribution in [3.05, 3.63) is 42.0 Å². The first-order valence-electron chi connectivity index (χ1n) is 5.69. The molecule has 86 valence electrons. The van der Waals surface area contributed by atoms with E-state index in [9.17, 15) is 0 Å². The van der Waals surface area contributed by atoms with E-state index in [1.54, 1.807) is 0 Å². The molecule has 0 amide bonds. The zero-order chi connectivity index (χ0) is 11.2. The maximum absolute atomic E-state index is 5.90. The Morgan fingerprint density at radius 1 is 1.06 bits per heavy atom. The summed E-state index contributed by atoms with van der Waals surface area (Å²) in [6.07, 6.45) is 4.40. The van der Waals surface area contributed by atoms with Crippen molar-refractivity contribution in [2.75, 3.05) is 32.7 Å². The van der Waals surface area contributed by atoms with Crippen molar-refractivity contribution in [1.82, 2.24) is 9.32 Å². The number of piperazine rings is 1. The average Bonchev–Trinajstić information content (AvgIpc) is 2.33. The third-order valence-corrected chi connectivity index (χ3v) is 3.13. The van der Waals surface area contributed by atoms with Crippen LogP contribution in [0.1, 0.15) is 5.56 Å². The van der Waals surface area contributed by atoms with Crippen molar-refractivity contribution in [3.8, 4) is 0 Å². The van der Waals surface area contributed by atoms with Gasteiger partial charge in [0.05, 0.1) is 0 Å². The molecule has 2 nitrogen and oxygen atoms in total. The molecule has 0 atom stereocenters. The predicted octanol–water partition coefficient (Wildman–Crippen LogP) is 2.47. The Labute approximate surface area is 102 Å². The first-order chi connectivity index (χ1) is 7.84. The highest BCUT2D eigenvalue weighted by Crippen LogP contribution is 2.05. The molecule has 16 heavy (non-hydrogen) atoms. The maximum atomic E-state index is 5.90. The fourth-order valence-corrected chi connectivity index (χ4v) is 1.96. The first kappa shape index (κ1) is 11.6. The van der Waals surface area contributed by atoms with Gasteiger partial charge in [-0.05, 0) is 17.3 Å². The number of halogens is 1. The first-order valence-corrected chi connectivity index (χ1v) is 6.03. The Hall–Kier alpha value is -0.830. The SMILES string of the molecule is ClN1CCN(CC=Cc2ccccc2)CC1. The van der Waals surface area contributed by atoms with Crippen LogP contribution in [0, 0.1) is 0 Å². The Morgan fingerprint density at radius 2 is 1.75 bits per heavy atom. The van der Waals surface area contributed by atoms with Gasteiger partial charge in [0.25, 0.3) is 0 Å². The summed E-state index contributed by atoms with van der Waals surface area (Å²) in [5, 5.41) is 0. The normalized spacial score (nSPS) is 19.3. The van der Waals surface area contributed by atoms with Crippen molar-refractivity contribution < 1.29 is 0 Å². The van der Waals surface area contributed by atoms with E-state index in [0.717, 1.165) is 32.7 Å². The molecule has 0 aromatic heterocycles. The van der Waals surface area contributed by atoms with Crippen LogP contribution in [-0.2, 0) is 0 Å². The Morgan fingerprint density at radius 3 is 2.44 bits per heavy atom. The van der Waals surface area contributed by atoms with Gasteiger partial charge in [0.2, 0.25) is 0 Å². The molecule has 0 unspecified atom stereocenters. The van der Waals surface area contributed by atoms with E-state index in [0.29, 0.717) is 0 Å². The van der Waals surface area contributed by atoms with E-state index in [-0.39, 0.29) is 0 Å². The molecule has 0 aliphatic carbocycles. The summed E-state index contributed by atoms with van der Waals surface area (Å²) in [5.41, 5.74) is 1.26. The van der Waals surface area contributed by atoms with Crippen LogP contribution in [0.4, 0.5) is 0 Å². The second kappa shape index (κ2) is 6.04. The van der Waals surface area contributed by atoms with E-state index >= 15 is 0 Å². The quantitative estimate of drug-likeness (QED) is 0.744. The molecular formula is C13H17ClN2. The number of benzene rings is 1. The number of nitrogens with zero attached hydrogens (tertiary/aromatic N) is 2. The van der Waals surface area contributed by atoms with Gasteiger partial charge in [-0.3, -0.25) is 4.90 Å². The third kappa shape index (κ3) is 3.63. The number of hydrogen-bond donors (Lipinski definition) is 0. The van der Waals surface area contributed by atoms with Crippen LogP contribution in [0.2, 0.25) is 0 Å². The molecule has 0 spiro atoms. The van der Waals surface area contributed by atoms with Gasteiger partial charge < -0.3 is 0 Å². The van der Waals surface area contributed by atoms with Gasteiger partial charge in [-0.2, -0.15) is 0 Å². The lowest BCUT2D eigenvalue weighted by molar-refractivity contribution is 0.209. The summed E-state index contributed by atoms with van der Waals surface area (Å²) in [4.78, 5) is 2.42. The Balaban J connectivity index is 1.77. The van der Waals surface area contributed by atoms with Crippen molar-refractivity contribution in [1.29, 1.82) is 0 Å². The van der Waals surface area contributed by atoms with E-state index in [1.807, 2.05) is 10.5 Å². The largest absolute Gasteiger partial charge is 0.297 e. The van der Waals surface area contributed by atoms with Crippen molar-refractivity contribution >= 4 is 17.9 Å². The molecule has 0 bridgehead atoms. The van der Waals surface area contributed by atoms with E-state index in [1.165, 1.54) is 5.56 Å². The molecule has 1 aliphatic heterocycles. The molecule has 1 aromatic rings. The summed E-state index contributed by atoms with van der Waals surface area (Å²) in [6, 6.07) is 10.4. The molecule has 3 heteroatoms. The number of hydrogen-bond acceptors (Lipinski definition) is 2. The second-order valence-corrected chi connectivity index (χ2v) is 4.50. The lowest BCUT2D eigenvalue weighted by Gasteiger charge is -2.29. The smallest absolute Gasteiger partial charge is 0.0267 e. The van der Waals surface area contributed by atoms with Crippen LogP contribution in [0.5, 0.6) is 0 Å². The standard InChI is InChI=1S/C13H17ClN2/c14-16-11-9-15(10-12-16)8-4-7-13-5-2-1-3-6-13/h1-7H,8-12H2. The molecule has 1 fully saturated rings. The minimum Gasteiger partial charge on any atom is -0.297 e. The summed E-state index contributed by atoms with van der Waals surface area (Å²) in [7, 11) is 0. The molecule has 2 rings (SSSR count). The summed E-state index contributed by atoms with van der Waals surface area (Å²) >= 11 is 5.90. The van der Waals surface area contributed by atoms with Crippen LogP contribution in [0.3, 0.4) is 0 Å². The lowest BCUT2D eigenvalue weighted by Crippen LogP contribution is -2.42. The van der Waals surface area contributed by atoms with E-state index in [4.69, 9.17) is 11.8 Å². The molecule has 1 heterocycles. The lowest BCUT2D eigenvalue weighted by atomic mass is 10.2. The Kier molecular flexibility index (Phi) is 4.40. The van der Waals surface area contributed by atoms with Gasteiger partial charge in [-0.25, -0.2) is 4.42 Å². The van der Waals surface area contributed by atoms with Gasteiger partial charge in [0.15, 0.2) is 0 Å². The summed E-state index contributed by atoms with van der Waals surface area (Å²) in [6.45, 7) is 5.05. The van der Waals surface area contributed by atoms with Gasteiger partial charge in [-0.1, -0.05) is 42.5 Å². The number of rotatable bonds is 3. The fourth-order valence-electron chi connectivity index (χ4n) is 1.81. The zero-order valence-corrected chi connectivity index (χ0v) is 10.1. The van der Waals surface area contributed by atoms with E-state index in [2.05, 4.69) is 41.3 Å². The highest BCUT2D eigenvalue weighted by atomic mass is 35.5. The third-order valence-electron chi connectivity index (χ3n) is 2.79. The monoisotopic (exact) mass is 236 g/mol. The highest BCUT2D eigenvalue weighted by molar-refractivity contribution is 6.13. The molecule has 0 radical (unpaired) electrons. The van der Waals surface area contributed by atoms with Gasteiger partial charge in [-0.15, -0.1) is 0 Å². The predicted molar refractivity (Wildman–Crippen MR) is 69.3 cm³/mol. The van der Waals surface area contributed by atoms with Crippen LogP contribution in [0.15, 0.2) is 36.4 Å². The van der Waals surface area contributed by atoms with Crippen LogP contribution >= 0.6 is 11.8 Å². The molecule has 1 aliphatic rings. The van der Waals surface area contributed by atoms with Gasteiger partial charge in [0.1, 0.15) is 0 Å². The van der Waals surface area contributed by atoms with Crippen LogP contribution in [-0.4, -0.2) is 42.0 Å². The van der Waals surface area contributed by atoms with Crippen LogP contribution < -0.4 is 0 Å². The average molecular weight is 237 g/mol. The highest BCUT2D eigenvalue weighted by Gasteiger charge is 2.12. The maximum Gasteiger partial charge on any atom is 0.0267 e. The fraction of sp³-hybridized carbons (Fsp3) is 0.385. The van der Waals surface area contributed by atoms with E-state index < -0.39 is 0 Å². The van der Waals surface area contributed by atoms with Crippen molar-refractivity contribution in [2.45, 2.75) is 0 Å². The van der Waals surface area contributed by atoms with Gasteiger partial charge >= 0.3 is 0 Å². The van der Waals surface area contributed by atoms with Gasteiger partial charge in [0, 0.05) is 32.7 Å². The minimum atomic E-state index is 0.959. The van der Waals surface area contributed by atoms with Crippen LogP contribution in [0.25, 0.3) is 6.08 Å². The second-order valence-electron chi connectivity index (χ2n) is 4.02. The summed E-state index contributed by atoms with van der Waals surface area (Å²) < 4.78 is 1.86. The Bertz CT molecular complexity index is 329. The minimum absolute atomic E-state index is 0.959. The molecule has 1 saturated heterocycles. The zero-order valence-electron chi connectivity index (χ0n) is 9.35. The van der Waals surface area contributed by atoms with Crippen molar-refractivity contribution in [2.24, 2.45) is 0 Å². The molecule has 0 N–H and O–H groups in total. The molecular weight excluding hydrogens is 220 g/mol. The summed E-state index contributed by atoms with van der Waals surface area (Å²) in [5.74, 6) is 0. The molecule has 1 aromatic carbocycles. The topological polar surface area (TPSA) is 6.48 Å².